The van der Waals surface area contributed by atoms with Crippen LogP contribution in [-0.2, 0) is 0 Å². The number of halogens is 2. The van der Waals surface area contributed by atoms with E-state index in [-0.39, 0.29) is 23.1 Å². The van der Waals surface area contributed by atoms with Crippen LogP contribution in [0.25, 0.3) is 0 Å². The third-order valence-electron chi connectivity index (χ3n) is 1.53. The van der Waals surface area contributed by atoms with Crippen LogP contribution >= 0.6 is 11.6 Å². The fraction of sp³-hybridized carbons (Fsp3) is 0.250. The summed E-state index contributed by atoms with van der Waals surface area (Å²) in [5.41, 5.74) is 0. The van der Waals surface area contributed by atoms with Crippen LogP contribution in [-0.4, -0.2) is 24.0 Å². The first-order chi connectivity index (χ1) is 7.06. The predicted molar refractivity (Wildman–Crippen MR) is 53.4 cm³/mol. The first-order valence-corrected chi connectivity index (χ1v) is 4.57. The summed E-state index contributed by atoms with van der Waals surface area (Å²) in [7, 11) is -2.09. The summed E-state index contributed by atoms with van der Waals surface area (Å²) in [4.78, 5) is 0. The van der Waals surface area contributed by atoms with Gasteiger partial charge in [0.2, 0.25) is 5.82 Å². The molecule has 0 fully saturated rings. The molecule has 0 atom stereocenters. The third-order valence-corrected chi connectivity index (χ3v) is 1.83. The zero-order valence-corrected chi connectivity index (χ0v) is 8.66. The largest absolute Gasteiger partial charge is 0.707 e. The van der Waals surface area contributed by atoms with Gasteiger partial charge in [0.1, 0.15) is 5.75 Å². The van der Waals surface area contributed by atoms with Crippen LogP contribution in [0.3, 0.4) is 0 Å². The highest BCUT2D eigenvalue weighted by molar-refractivity contribution is 6.34. The van der Waals surface area contributed by atoms with Crippen molar-refractivity contribution in [3.63, 3.8) is 0 Å². The van der Waals surface area contributed by atoms with Crippen molar-refractivity contribution < 1.29 is 23.8 Å². The lowest BCUT2D eigenvalue weighted by Crippen LogP contribution is -2.21. The Morgan fingerprint density at radius 3 is 2.67 bits per heavy atom. The molecule has 0 aliphatic rings. The smallest absolute Gasteiger partial charge is 0.509 e. The predicted octanol–water partition coefficient (Wildman–Crippen LogP) is 1.23. The van der Waals surface area contributed by atoms with Crippen LogP contribution in [0.15, 0.2) is 12.1 Å². The molecule has 0 radical (unpaired) electrons. The van der Waals surface area contributed by atoms with Crippen LogP contribution in [0.2, 0.25) is 5.02 Å². The van der Waals surface area contributed by atoms with E-state index in [9.17, 15) is 4.39 Å². The van der Waals surface area contributed by atoms with Crippen LogP contribution in [0, 0.1) is 5.82 Å². The molecule has 0 aromatic heterocycles. The van der Waals surface area contributed by atoms with Gasteiger partial charge in [0.15, 0.2) is 5.75 Å². The molecule has 0 aliphatic heterocycles. The van der Waals surface area contributed by atoms with Crippen molar-refractivity contribution >= 4 is 18.9 Å². The van der Waals surface area contributed by atoms with Gasteiger partial charge in [0.05, 0.1) is 11.6 Å². The highest BCUT2D eigenvalue weighted by Gasteiger charge is 2.19. The lowest BCUT2D eigenvalue weighted by molar-refractivity contribution is 0.274. The van der Waals surface area contributed by atoms with Gasteiger partial charge >= 0.3 is 7.32 Å². The summed E-state index contributed by atoms with van der Waals surface area (Å²) in [6, 6.07) is 2.52. The van der Waals surface area contributed by atoms with E-state index in [4.69, 9.17) is 26.4 Å². The lowest BCUT2D eigenvalue weighted by Gasteiger charge is -2.11. The van der Waals surface area contributed by atoms with Crippen molar-refractivity contribution in [2.24, 2.45) is 0 Å². The zero-order valence-electron chi connectivity index (χ0n) is 7.91. The summed E-state index contributed by atoms with van der Waals surface area (Å²) in [6.45, 7) is 1.91. The number of hydrogen-bond donors (Lipinski definition) is 2. The summed E-state index contributed by atoms with van der Waals surface area (Å²) in [6.07, 6.45) is 0. The molecule has 1 aromatic carbocycles. The van der Waals surface area contributed by atoms with Gasteiger partial charge in [-0.25, -0.2) is 0 Å². The second kappa shape index (κ2) is 5.20. The topological polar surface area (TPSA) is 58.9 Å². The summed E-state index contributed by atoms with van der Waals surface area (Å²) in [5, 5.41) is 17.1. The first kappa shape index (κ1) is 12.1. The number of benzene rings is 1. The maximum Gasteiger partial charge on any atom is 0.707 e. The molecule has 0 saturated carbocycles. The summed E-state index contributed by atoms with van der Waals surface area (Å²) in [5.74, 6) is -1.37. The van der Waals surface area contributed by atoms with Gasteiger partial charge in [-0.3, -0.25) is 0 Å². The van der Waals surface area contributed by atoms with Gasteiger partial charge in [-0.15, -0.1) is 0 Å². The van der Waals surface area contributed by atoms with Gasteiger partial charge < -0.3 is 19.4 Å². The van der Waals surface area contributed by atoms with E-state index in [1.54, 1.807) is 6.92 Å². The minimum Gasteiger partial charge on any atom is -0.509 e. The minimum atomic E-state index is -2.09. The van der Waals surface area contributed by atoms with E-state index in [1.165, 1.54) is 12.1 Å². The second-order valence-corrected chi connectivity index (χ2v) is 2.97. The molecule has 0 amide bonds. The fourth-order valence-corrected chi connectivity index (χ4v) is 1.20. The van der Waals surface area contributed by atoms with E-state index in [2.05, 4.69) is 4.65 Å². The molecule has 82 valence electrons. The van der Waals surface area contributed by atoms with Gasteiger partial charge in [-0.1, -0.05) is 11.6 Å². The van der Waals surface area contributed by atoms with E-state index < -0.39 is 13.1 Å². The molecule has 0 bridgehead atoms. The fourth-order valence-electron chi connectivity index (χ4n) is 0.996. The van der Waals surface area contributed by atoms with Crippen molar-refractivity contribution in [1.29, 1.82) is 0 Å². The molecule has 0 unspecified atom stereocenters. The molecule has 0 spiro atoms. The van der Waals surface area contributed by atoms with Crippen molar-refractivity contribution in [3.8, 4) is 11.5 Å². The molecular formula is C8H9BClFO4. The van der Waals surface area contributed by atoms with Gasteiger partial charge in [-0.2, -0.15) is 4.39 Å². The molecule has 15 heavy (non-hydrogen) atoms. The monoisotopic (exact) mass is 234 g/mol. The molecule has 0 aliphatic carbocycles. The van der Waals surface area contributed by atoms with Gasteiger partial charge in [0, 0.05) is 0 Å². The molecule has 0 saturated heterocycles. The molecular weight excluding hydrogens is 225 g/mol. The van der Waals surface area contributed by atoms with Crippen molar-refractivity contribution in [2.75, 3.05) is 6.61 Å². The highest BCUT2D eigenvalue weighted by Crippen LogP contribution is 2.33. The van der Waals surface area contributed by atoms with Gasteiger partial charge in [-0.05, 0) is 19.1 Å². The van der Waals surface area contributed by atoms with Crippen molar-refractivity contribution in [2.45, 2.75) is 6.92 Å². The van der Waals surface area contributed by atoms with Gasteiger partial charge in [0.25, 0.3) is 0 Å². The second-order valence-electron chi connectivity index (χ2n) is 2.57. The zero-order chi connectivity index (χ0) is 11.4. The minimum absolute atomic E-state index is 0.0918. The molecule has 7 heteroatoms. The van der Waals surface area contributed by atoms with Crippen LogP contribution in [0.5, 0.6) is 11.5 Å². The Kier molecular flexibility index (Phi) is 4.20. The molecule has 0 heterocycles. The Balaban J connectivity index is 3.04. The maximum absolute atomic E-state index is 13.5. The SMILES string of the molecule is CCOc1c(Cl)ccc(OB(O)O)c1F. The van der Waals surface area contributed by atoms with Crippen molar-refractivity contribution in [3.05, 3.63) is 23.0 Å². The summed E-state index contributed by atoms with van der Waals surface area (Å²) >= 11 is 5.67. The van der Waals surface area contributed by atoms with E-state index in [1.807, 2.05) is 0 Å². The molecule has 1 aromatic rings. The normalized spacial score (nSPS) is 9.93. The standard InChI is InChI=1S/C8H9BClFO4/c1-2-14-8-5(10)3-4-6(7(8)11)15-9(12)13/h3-4,12-13H,2H2,1H3. The number of ether oxygens (including phenoxy) is 1. The quantitative estimate of drug-likeness (QED) is 0.769. The number of hydrogen-bond acceptors (Lipinski definition) is 4. The van der Waals surface area contributed by atoms with Crippen LogP contribution in [0.1, 0.15) is 6.92 Å². The van der Waals surface area contributed by atoms with E-state index in [0.29, 0.717) is 0 Å². The van der Waals surface area contributed by atoms with E-state index >= 15 is 0 Å². The van der Waals surface area contributed by atoms with Crippen LogP contribution in [0.4, 0.5) is 4.39 Å². The Morgan fingerprint density at radius 1 is 1.47 bits per heavy atom. The average Bonchev–Trinajstić information content (AvgIpc) is 2.16. The molecule has 1 rings (SSSR count). The maximum atomic E-state index is 13.5. The average molecular weight is 234 g/mol. The molecule has 2 N–H and O–H groups in total. The Hall–Kier alpha value is -0.975. The number of rotatable bonds is 4. The third kappa shape index (κ3) is 2.99. The van der Waals surface area contributed by atoms with Crippen molar-refractivity contribution in [1.82, 2.24) is 0 Å². The summed E-state index contributed by atoms with van der Waals surface area (Å²) < 4.78 is 22.8. The highest BCUT2D eigenvalue weighted by atomic mass is 35.5. The van der Waals surface area contributed by atoms with Crippen LogP contribution < -0.4 is 9.39 Å². The van der Waals surface area contributed by atoms with E-state index in [0.717, 1.165) is 0 Å². The lowest BCUT2D eigenvalue weighted by atomic mass is 10.2. The first-order valence-electron chi connectivity index (χ1n) is 4.19. The Labute approximate surface area is 91.4 Å². The molecule has 4 nitrogen and oxygen atoms in total. The Morgan fingerprint density at radius 2 is 2.13 bits per heavy atom. The Bertz CT molecular complexity index is 348.